The minimum absolute atomic E-state index is 0.00118. The van der Waals surface area contributed by atoms with E-state index in [0.29, 0.717) is 6.54 Å². The molecule has 1 aromatic rings. The molecule has 0 aliphatic rings. The fourth-order valence-electron chi connectivity index (χ4n) is 1.71. The Labute approximate surface area is 127 Å². The van der Waals surface area contributed by atoms with Gasteiger partial charge < -0.3 is 15.5 Å². The number of anilines is 2. The molecule has 6 nitrogen and oxygen atoms in total. The van der Waals surface area contributed by atoms with Crippen LogP contribution in [0.4, 0.5) is 11.6 Å². The number of hydrogen-bond acceptors (Lipinski definition) is 5. The number of rotatable bonds is 6. The van der Waals surface area contributed by atoms with Crippen molar-refractivity contribution in [3.05, 3.63) is 11.9 Å². The zero-order valence-corrected chi connectivity index (χ0v) is 13.9. The van der Waals surface area contributed by atoms with Crippen molar-refractivity contribution < 1.29 is 4.79 Å². The summed E-state index contributed by atoms with van der Waals surface area (Å²) in [7, 11) is 3.69. The lowest BCUT2D eigenvalue weighted by Crippen LogP contribution is -2.36. The van der Waals surface area contributed by atoms with E-state index < -0.39 is 0 Å². The van der Waals surface area contributed by atoms with Crippen LogP contribution in [-0.2, 0) is 10.2 Å². The summed E-state index contributed by atoms with van der Waals surface area (Å²) in [6.07, 6.45) is 0.932. The van der Waals surface area contributed by atoms with E-state index in [2.05, 4.69) is 41.4 Å². The molecule has 0 atom stereocenters. The van der Waals surface area contributed by atoms with Gasteiger partial charge in [0.15, 0.2) is 0 Å². The SMILES string of the molecule is CCCNC(=O)CN(C)c1cc(NC)nc(C(C)(C)C)n1. The Morgan fingerprint density at radius 3 is 2.52 bits per heavy atom. The third kappa shape index (κ3) is 5.21. The average Bonchev–Trinajstić information content (AvgIpc) is 2.43. The van der Waals surface area contributed by atoms with Gasteiger partial charge in [-0.2, -0.15) is 0 Å². The van der Waals surface area contributed by atoms with Crippen LogP contribution in [0.2, 0.25) is 0 Å². The van der Waals surface area contributed by atoms with Crippen molar-refractivity contribution in [3.63, 3.8) is 0 Å². The van der Waals surface area contributed by atoms with Gasteiger partial charge in [-0.25, -0.2) is 9.97 Å². The van der Waals surface area contributed by atoms with E-state index in [1.54, 1.807) is 0 Å². The predicted octanol–water partition coefficient (Wildman–Crippen LogP) is 1.78. The molecule has 0 aliphatic heterocycles. The molecular formula is C15H27N5O. The van der Waals surface area contributed by atoms with Gasteiger partial charge in [-0.1, -0.05) is 27.7 Å². The molecule has 2 N–H and O–H groups in total. The van der Waals surface area contributed by atoms with Crippen LogP contribution in [-0.4, -0.2) is 43.1 Å². The third-order valence-electron chi connectivity index (χ3n) is 2.98. The molecule has 0 aliphatic carbocycles. The summed E-state index contributed by atoms with van der Waals surface area (Å²) in [4.78, 5) is 22.7. The van der Waals surface area contributed by atoms with E-state index in [1.165, 1.54) is 0 Å². The molecule has 0 radical (unpaired) electrons. The Bertz CT molecular complexity index is 481. The summed E-state index contributed by atoms with van der Waals surface area (Å²) < 4.78 is 0. The molecule has 21 heavy (non-hydrogen) atoms. The van der Waals surface area contributed by atoms with Crippen LogP contribution in [0.25, 0.3) is 0 Å². The minimum atomic E-state index is -0.146. The van der Waals surface area contributed by atoms with Gasteiger partial charge in [-0.3, -0.25) is 4.79 Å². The highest BCUT2D eigenvalue weighted by Crippen LogP contribution is 2.23. The standard InChI is InChI=1S/C15H27N5O/c1-7-8-17-13(21)10-20(6)12-9-11(16-5)18-14(19-12)15(2,3)4/h9H,7-8,10H2,1-6H3,(H,17,21)(H,16,18,19). The van der Waals surface area contributed by atoms with Gasteiger partial charge >= 0.3 is 0 Å². The molecule has 1 heterocycles. The molecular weight excluding hydrogens is 266 g/mol. The van der Waals surface area contributed by atoms with Gasteiger partial charge in [-0.15, -0.1) is 0 Å². The lowest BCUT2D eigenvalue weighted by Gasteiger charge is -2.23. The maximum atomic E-state index is 11.8. The third-order valence-corrected chi connectivity index (χ3v) is 2.98. The quantitative estimate of drug-likeness (QED) is 0.836. The first-order chi connectivity index (χ1) is 9.77. The van der Waals surface area contributed by atoms with Gasteiger partial charge in [0.1, 0.15) is 17.5 Å². The monoisotopic (exact) mass is 293 g/mol. The van der Waals surface area contributed by atoms with Crippen molar-refractivity contribution in [2.75, 3.05) is 37.4 Å². The minimum Gasteiger partial charge on any atom is -0.373 e. The summed E-state index contributed by atoms with van der Waals surface area (Å²) in [6.45, 7) is 9.22. The van der Waals surface area contributed by atoms with Crippen molar-refractivity contribution in [2.45, 2.75) is 39.5 Å². The van der Waals surface area contributed by atoms with Gasteiger partial charge in [0.05, 0.1) is 6.54 Å². The van der Waals surface area contributed by atoms with Crippen LogP contribution < -0.4 is 15.5 Å². The molecule has 1 rings (SSSR count). The van der Waals surface area contributed by atoms with Gasteiger partial charge in [0, 0.05) is 32.1 Å². The fraction of sp³-hybridized carbons (Fsp3) is 0.667. The number of aromatic nitrogens is 2. The summed E-state index contributed by atoms with van der Waals surface area (Å²) in [5.74, 6) is 2.25. The number of carbonyl (C=O) groups excluding carboxylic acids is 1. The summed E-state index contributed by atoms with van der Waals surface area (Å²) in [5.41, 5.74) is -0.146. The smallest absolute Gasteiger partial charge is 0.239 e. The first kappa shape index (κ1) is 17.2. The van der Waals surface area contributed by atoms with E-state index in [1.807, 2.05) is 32.0 Å². The molecule has 0 unspecified atom stereocenters. The zero-order chi connectivity index (χ0) is 16.0. The fourth-order valence-corrected chi connectivity index (χ4v) is 1.71. The second-order valence-corrected chi connectivity index (χ2v) is 6.14. The van der Waals surface area contributed by atoms with Crippen LogP contribution in [0.1, 0.15) is 39.9 Å². The average molecular weight is 293 g/mol. The molecule has 0 fully saturated rings. The number of nitrogens with zero attached hydrogens (tertiary/aromatic N) is 3. The molecule has 118 valence electrons. The lowest BCUT2D eigenvalue weighted by molar-refractivity contribution is -0.119. The van der Waals surface area contributed by atoms with Crippen molar-refractivity contribution in [1.82, 2.24) is 15.3 Å². The van der Waals surface area contributed by atoms with Crippen molar-refractivity contribution >= 4 is 17.5 Å². The topological polar surface area (TPSA) is 70.2 Å². The highest BCUT2D eigenvalue weighted by molar-refractivity contribution is 5.80. The van der Waals surface area contributed by atoms with Crippen molar-refractivity contribution in [3.8, 4) is 0 Å². The molecule has 0 saturated carbocycles. The molecule has 0 bridgehead atoms. The normalized spacial score (nSPS) is 11.1. The highest BCUT2D eigenvalue weighted by atomic mass is 16.2. The largest absolute Gasteiger partial charge is 0.373 e. The number of likely N-dealkylation sites (N-methyl/N-ethyl adjacent to an activating group) is 1. The molecule has 0 spiro atoms. The number of amides is 1. The Hall–Kier alpha value is -1.85. The van der Waals surface area contributed by atoms with E-state index in [9.17, 15) is 4.79 Å². The first-order valence-electron chi connectivity index (χ1n) is 7.33. The van der Waals surface area contributed by atoms with E-state index in [-0.39, 0.29) is 17.9 Å². The predicted molar refractivity (Wildman–Crippen MR) is 86.8 cm³/mol. The Balaban J connectivity index is 2.93. The molecule has 1 aromatic heterocycles. The van der Waals surface area contributed by atoms with Crippen molar-refractivity contribution in [1.29, 1.82) is 0 Å². The van der Waals surface area contributed by atoms with Crippen LogP contribution >= 0.6 is 0 Å². The Morgan fingerprint density at radius 2 is 2.00 bits per heavy atom. The zero-order valence-electron chi connectivity index (χ0n) is 13.9. The highest BCUT2D eigenvalue weighted by Gasteiger charge is 2.20. The maximum Gasteiger partial charge on any atom is 0.239 e. The van der Waals surface area contributed by atoms with Crippen LogP contribution in [0.15, 0.2) is 6.07 Å². The first-order valence-corrected chi connectivity index (χ1v) is 7.33. The van der Waals surface area contributed by atoms with E-state index in [4.69, 9.17) is 0 Å². The molecule has 0 aromatic carbocycles. The van der Waals surface area contributed by atoms with Crippen LogP contribution in [0, 0.1) is 0 Å². The number of nitrogens with one attached hydrogen (secondary N) is 2. The summed E-state index contributed by atoms with van der Waals surface area (Å²) in [5, 5.41) is 5.91. The van der Waals surface area contributed by atoms with E-state index in [0.717, 1.165) is 23.9 Å². The molecule has 0 saturated heterocycles. The van der Waals surface area contributed by atoms with Crippen LogP contribution in [0.5, 0.6) is 0 Å². The Morgan fingerprint density at radius 1 is 1.33 bits per heavy atom. The lowest BCUT2D eigenvalue weighted by atomic mass is 9.96. The summed E-state index contributed by atoms with van der Waals surface area (Å²) >= 11 is 0. The maximum absolute atomic E-state index is 11.8. The Kier molecular flexibility index (Phi) is 5.93. The number of hydrogen-bond donors (Lipinski definition) is 2. The van der Waals surface area contributed by atoms with Gasteiger partial charge in [0.25, 0.3) is 0 Å². The second-order valence-electron chi connectivity index (χ2n) is 6.14. The molecule has 6 heteroatoms. The van der Waals surface area contributed by atoms with Gasteiger partial charge in [0.2, 0.25) is 5.91 Å². The molecule has 1 amide bonds. The second kappa shape index (κ2) is 7.24. The number of carbonyl (C=O) groups is 1. The van der Waals surface area contributed by atoms with Gasteiger partial charge in [-0.05, 0) is 6.42 Å². The van der Waals surface area contributed by atoms with Crippen molar-refractivity contribution in [2.24, 2.45) is 0 Å². The summed E-state index contributed by atoms with van der Waals surface area (Å²) in [6, 6.07) is 1.85. The van der Waals surface area contributed by atoms with E-state index >= 15 is 0 Å². The van der Waals surface area contributed by atoms with Crippen LogP contribution in [0.3, 0.4) is 0 Å².